The molecule has 2 aromatic heterocycles. The number of aromatic amines is 1. The lowest BCUT2D eigenvalue weighted by molar-refractivity contribution is -0.582. The van der Waals surface area contributed by atoms with Crippen LogP contribution in [0.25, 0.3) is 16.8 Å². The van der Waals surface area contributed by atoms with Gasteiger partial charge in [-0.05, 0) is 6.07 Å². The van der Waals surface area contributed by atoms with Crippen LogP contribution < -0.4 is 10.2 Å². The highest BCUT2D eigenvalue weighted by atomic mass is 16.1. The van der Waals surface area contributed by atoms with Crippen LogP contribution in [0, 0.1) is 0 Å². The van der Waals surface area contributed by atoms with Gasteiger partial charge in [0.15, 0.2) is 5.69 Å². The first-order valence-corrected chi connectivity index (χ1v) is 5.31. The first-order valence-electron chi connectivity index (χ1n) is 5.31. The van der Waals surface area contributed by atoms with Gasteiger partial charge < -0.3 is 0 Å². The minimum atomic E-state index is -0.354. The summed E-state index contributed by atoms with van der Waals surface area (Å²) in [6.07, 6.45) is 1.80. The first-order chi connectivity index (χ1) is 8.34. The van der Waals surface area contributed by atoms with Crippen LogP contribution in [-0.2, 0) is 0 Å². The molecule has 0 radical (unpaired) electrons. The van der Waals surface area contributed by atoms with Gasteiger partial charge in [0.2, 0.25) is 6.20 Å². The Bertz CT molecular complexity index is 719. The van der Waals surface area contributed by atoms with Crippen LogP contribution in [0.15, 0.2) is 59.5 Å². The molecular formula is C13H10N3O+. The Labute approximate surface area is 97.2 Å². The van der Waals surface area contributed by atoms with Gasteiger partial charge in [-0.15, -0.1) is 5.10 Å². The molecule has 3 aromatic rings. The Balaban J connectivity index is 2.40. The summed E-state index contributed by atoms with van der Waals surface area (Å²) in [5.41, 5.74) is 2.14. The van der Waals surface area contributed by atoms with Gasteiger partial charge in [0.1, 0.15) is 0 Å². The van der Waals surface area contributed by atoms with Crippen molar-refractivity contribution in [3.05, 3.63) is 65.2 Å². The van der Waals surface area contributed by atoms with Crippen molar-refractivity contribution in [1.29, 1.82) is 0 Å². The van der Waals surface area contributed by atoms with Crippen LogP contribution in [0.2, 0.25) is 0 Å². The predicted molar refractivity (Wildman–Crippen MR) is 63.5 cm³/mol. The molecule has 0 atom stereocenters. The predicted octanol–water partition coefficient (Wildman–Crippen LogP) is 1.18. The summed E-state index contributed by atoms with van der Waals surface area (Å²) in [5.74, 6) is 0. The second-order valence-corrected chi connectivity index (χ2v) is 3.70. The smallest absolute Gasteiger partial charge is 0.241 e. The quantitative estimate of drug-likeness (QED) is 0.631. The van der Waals surface area contributed by atoms with E-state index in [1.54, 1.807) is 10.7 Å². The summed E-state index contributed by atoms with van der Waals surface area (Å²) < 4.78 is 1.68. The number of fused-ring (bicyclic) bond motifs is 1. The molecular weight excluding hydrogens is 214 g/mol. The lowest BCUT2D eigenvalue weighted by Crippen LogP contribution is -2.35. The molecule has 0 bridgehead atoms. The molecule has 0 aliphatic heterocycles. The van der Waals surface area contributed by atoms with Crippen LogP contribution in [0.1, 0.15) is 0 Å². The molecule has 0 saturated heterocycles. The Kier molecular flexibility index (Phi) is 2.19. The molecule has 1 aromatic carbocycles. The molecule has 0 unspecified atom stereocenters. The van der Waals surface area contributed by atoms with E-state index in [9.17, 15) is 4.79 Å². The van der Waals surface area contributed by atoms with Gasteiger partial charge in [-0.1, -0.05) is 34.8 Å². The lowest BCUT2D eigenvalue weighted by Gasteiger charge is -1.98. The Morgan fingerprint density at radius 1 is 1.00 bits per heavy atom. The third-order valence-electron chi connectivity index (χ3n) is 2.58. The van der Waals surface area contributed by atoms with Crippen molar-refractivity contribution in [3.63, 3.8) is 0 Å². The number of aromatic nitrogens is 3. The van der Waals surface area contributed by atoms with Gasteiger partial charge in [-0.2, -0.15) is 4.98 Å². The van der Waals surface area contributed by atoms with Gasteiger partial charge in [0.25, 0.3) is 5.52 Å². The number of nitrogens with zero attached hydrogens (tertiary/aromatic N) is 2. The third kappa shape index (κ3) is 1.69. The second kappa shape index (κ2) is 3.83. The van der Waals surface area contributed by atoms with Crippen molar-refractivity contribution < 1.29 is 4.52 Å². The van der Waals surface area contributed by atoms with E-state index >= 15 is 0 Å². The van der Waals surface area contributed by atoms with Crippen molar-refractivity contribution in [2.45, 2.75) is 0 Å². The number of rotatable bonds is 1. The SMILES string of the molecule is O=c1nc(-c2ccccc2)c2cccc[n+]2[nH]1. The maximum Gasteiger partial charge on any atom is 0.395 e. The normalized spacial score (nSPS) is 10.6. The van der Waals surface area contributed by atoms with Crippen molar-refractivity contribution in [1.82, 2.24) is 10.1 Å². The van der Waals surface area contributed by atoms with E-state index in [1.165, 1.54) is 0 Å². The summed E-state index contributed by atoms with van der Waals surface area (Å²) in [6, 6.07) is 15.4. The number of hydrogen-bond acceptors (Lipinski definition) is 2. The van der Waals surface area contributed by atoms with E-state index in [-0.39, 0.29) is 5.69 Å². The molecule has 0 aliphatic rings. The second-order valence-electron chi connectivity index (χ2n) is 3.70. The van der Waals surface area contributed by atoms with Crippen LogP contribution in [0.4, 0.5) is 0 Å². The maximum atomic E-state index is 11.5. The van der Waals surface area contributed by atoms with Crippen molar-refractivity contribution in [2.75, 3.05) is 0 Å². The van der Waals surface area contributed by atoms with Crippen LogP contribution in [-0.4, -0.2) is 10.1 Å². The molecule has 17 heavy (non-hydrogen) atoms. The summed E-state index contributed by atoms with van der Waals surface area (Å²) in [4.78, 5) is 15.5. The van der Waals surface area contributed by atoms with E-state index in [0.717, 1.165) is 11.1 Å². The molecule has 0 saturated carbocycles. The molecule has 1 N–H and O–H groups in total. The van der Waals surface area contributed by atoms with E-state index in [1.807, 2.05) is 48.5 Å². The number of benzene rings is 1. The molecule has 4 nitrogen and oxygen atoms in total. The minimum Gasteiger partial charge on any atom is -0.241 e. The maximum absolute atomic E-state index is 11.5. The fraction of sp³-hybridized carbons (Fsp3) is 0. The van der Waals surface area contributed by atoms with Crippen molar-refractivity contribution in [2.24, 2.45) is 0 Å². The Hall–Kier alpha value is -2.49. The monoisotopic (exact) mass is 224 g/mol. The van der Waals surface area contributed by atoms with Crippen LogP contribution in [0.3, 0.4) is 0 Å². The highest BCUT2D eigenvalue weighted by molar-refractivity contribution is 5.72. The summed E-state index contributed by atoms with van der Waals surface area (Å²) in [6.45, 7) is 0. The highest BCUT2D eigenvalue weighted by Crippen LogP contribution is 2.17. The number of H-pyrrole nitrogens is 1. The molecule has 3 rings (SSSR count). The molecule has 0 amide bonds. The fourth-order valence-corrected chi connectivity index (χ4v) is 1.83. The van der Waals surface area contributed by atoms with Gasteiger partial charge in [-0.25, -0.2) is 4.79 Å². The van der Waals surface area contributed by atoms with Crippen molar-refractivity contribution >= 4 is 5.52 Å². The van der Waals surface area contributed by atoms with Crippen LogP contribution in [0.5, 0.6) is 0 Å². The zero-order chi connectivity index (χ0) is 11.7. The van der Waals surface area contributed by atoms with E-state index < -0.39 is 0 Å². The summed E-state index contributed by atoms with van der Waals surface area (Å²) in [5, 5.41) is 2.65. The molecule has 0 spiro atoms. The van der Waals surface area contributed by atoms with Gasteiger partial charge in [0.05, 0.1) is 0 Å². The van der Waals surface area contributed by atoms with Gasteiger partial charge in [-0.3, -0.25) is 0 Å². The zero-order valence-corrected chi connectivity index (χ0v) is 9.00. The molecule has 4 heteroatoms. The highest BCUT2D eigenvalue weighted by Gasteiger charge is 2.12. The van der Waals surface area contributed by atoms with Crippen molar-refractivity contribution in [3.8, 4) is 11.3 Å². The molecule has 0 aliphatic carbocycles. The molecule has 2 heterocycles. The number of pyridine rings is 1. The summed E-state index contributed by atoms with van der Waals surface area (Å²) >= 11 is 0. The zero-order valence-electron chi connectivity index (χ0n) is 9.00. The fourth-order valence-electron chi connectivity index (χ4n) is 1.83. The largest absolute Gasteiger partial charge is 0.395 e. The average Bonchev–Trinajstić information content (AvgIpc) is 2.39. The average molecular weight is 224 g/mol. The lowest BCUT2D eigenvalue weighted by atomic mass is 10.1. The van der Waals surface area contributed by atoms with E-state index in [2.05, 4.69) is 10.1 Å². The number of hydrogen-bond donors (Lipinski definition) is 1. The van der Waals surface area contributed by atoms with Gasteiger partial charge in [0, 0.05) is 17.7 Å². The molecule has 82 valence electrons. The topological polar surface area (TPSA) is 49.9 Å². The Morgan fingerprint density at radius 2 is 1.76 bits per heavy atom. The van der Waals surface area contributed by atoms with E-state index in [4.69, 9.17) is 0 Å². The first kappa shape index (κ1) is 9.72. The van der Waals surface area contributed by atoms with Gasteiger partial charge >= 0.3 is 5.69 Å². The Morgan fingerprint density at radius 3 is 2.59 bits per heavy atom. The standard InChI is InChI=1S/C13H9N3O/c17-13-14-12(10-6-2-1-3-7-10)11-8-4-5-9-16(11)15-13/h1-9H/p+1. The minimum absolute atomic E-state index is 0.354. The number of nitrogens with one attached hydrogen (secondary N) is 1. The third-order valence-corrected chi connectivity index (χ3v) is 2.58. The summed E-state index contributed by atoms with van der Waals surface area (Å²) in [7, 11) is 0. The molecule has 0 fully saturated rings. The van der Waals surface area contributed by atoms with E-state index in [0.29, 0.717) is 5.69 Å². The van der Waals surface area contributed by atoms with Crippen LogP contribution >= 0.6 is 0 Å².